The van der Waals surface area contributed by atoms with Gasteiger partial charge in [0.2, 0.25) is 10.0 Å². The lowest BCUT2D eigenvalue weighted by Crippen LogP contribution is -2.53. The number of imide groups is 1. The summed E-state index contributed by atoms with van der Waals surface area (Å²) in [5.41, 5.74) is 7.67. The van der Waals surface area contributed by atoms with Crippen LogP contribution in [0.4, 0.5) is 18.0 Å². The first-order valence-electron chi connectivity index (χ1n) is 17.4. The molecule has 0 saturated heterocycles. The predicted molar refractivity (Wildman–Crippen MR) is 202 cm³/mol. The molecule has 3 aromatic carbocycles. The number of hydrogen-bond donors (Lipinski definition) is 2. The number of nitrogens with zero attached hydrogens (tertiary/aromatic N) is 6. The van der Waals surface area contributed by atoms with E-state index < -0.39 is 63.7 Å². The molecule has 0 aliphatic heterocycles. The Labute approximate surface area is 326 Å². The minimum atomic E-state index is -5.24. The molecular formula is C38H42F3N7O6S2. The second-order valence-electron chi connectivity index (χ2n) is 14.1. The fourth-order valence-corrected chi connectivity index (χ4v) is 9.08. The van der Waals surface area contributed by atoms with E-state index in [0.717, 1.165) is 17.5 Å². The molecule has 298 valence electrons. The second kappa shape index (κ2) is 17.4. The number of nitrogens with two attached hydrogens (primary N) is 1. The lowest BCUT2D eigenvalue weighted by Gasteiger charge is -2.34. The van der Waals surface area contributed by atoms with Gasteiger partial charge in [0, 0.05) is 22.2 Å². The van der Waals surface area contributed by atoms with Crippen molar-refractivity contribution in [3.8, 4) is 5.69 Å². The van der Waals surface area contributed by atoms with E-state index in [0.29, 0.717) is 34.6 Å². The zero-order chi connectivity index (χ0) is 40.8. The van der Waals surface area contributed by atoms with Crippen LogP contribution in [0.1, 0.15) is 66.1 Å². The molecule has 5 rings (SSSR count). The fourth-order valence-electron chi connectivity index (χ4n) is 6.18. The summed E-state index contributed by atoms with van der Waals surface area (Å²) >= 11 is 0.507. The molecule has 0 aliphatic rings. The summed E-state index contributed by atoms with van der Waals surface area (Å²) in [5, 5.41) is 21.7. The number of benzene rings is 3. The maximum absolute atomic E-state index is 15.3. The number of aliphatic hydroxyl groups excluding tert-OH is 1. The maximum Gasteiger partial charge on any atom is 0.417 e. The van der Waals surface area contributed by atoms with Crippen molar-refractivity contribution in [3.05, 3.63) is 124 Å². The molecule has 0 unspecified atom stereocenters. The smallest absolute Gasteiger partial charge is 0.417 e. The third-order valence-corrected chi connectivity index (χ3v) is 12.2. The van der Waals surface area contributed by atoms with Crippen LogP contribution in [0.3, 0.4) is 0 Å². The molecule has 0 radical (unpaired) electrons. The summed E-state index contributed by atoms with van der Waals surface area (Å²) in [4.78, 5) is 26.8. The zero-order valence-corrected chi connectivity index (χ0v) is 32.6. The van der Waals surface area contributed by atoms with E-state index in [-0.39, 0.29) is 26.6 Å². The molecule has 2 amide bonds. The quantitative estimate of drug-likeness (QED) is 0.131. The van der Waals surface area contributed by atoms with E-state index in [4.69, 9.17) is 10.5 Å². The summed E-state index contributed by atoms with van der Waals surface area (Å²) in [6.07, 6.45) is -5.19. The van der Waals surface area contributed by atoms with Crippen LogP contribution in [0.25, 0.3) is 5.69 Å². The number of rotatable bonds is 14. The van der Waals surface area contributed by atoms with Crippen LogP contribution in [0.5, 0.6) is 0 Å². The Hall–Kier alpha value is -5.01. The molecule has 2 heterocycles. The lowest BCUT2D eigenvalue weighted by molar-refractivity contribution is -0.186. The maximum atomic E-state index is 15.3. The van der Waals surface area contributed by atoms with Crippen LogP contribution in [0, 0.1) is 5.41 Å². The number of amides is 2. The normalized spacial score (nSPS) is 14.1. The number of tetrazole rings is 1. The number of alkyl halides is 3. The number of halogens is 3. The minimum absolute atomic E-state index is 0.0343. The van der Waals surface area contributed by atoms with Crippen LogP contribution in [-0.2, 0) is 19.6 Å². The molecule has 56 heavy (non-hydrogen) atoms. The fraction of sp³-hybridized carbons (Fsp3) is 0.342. The van der Waals surface area contributed by atoms with Crippen LogP contribution in [0.2, 0.25) is 0 Å². The summed E-state index contributed by atoms with van der Waals surface area (Å²) in [6.45, 7) is 4.78. The highest BCUT2D eigenvalue weighted by Crippen LogP contribution is 2.44. The van der Waals surface area contributed by atoms with E-state index in [9.17, 15) is 23.1 Å². The van der Waals surface area contributed by atoms with E-state index in [2.05, 4.69) is 15.5 Å². The molecular weight excluding hydrogens is 772 g/mol. The molecule has 0 saturated carbocycles. The number of sulfonamides is 1. The Balaban J connectivity index is 1.55. The van der Waals surface area contributed by atoms with E-state index in [1.807, 2.05) is 20.8 Å². The molecule has 13 nitrogen and oxygen atoms in total. The van der Waals surface area contributed by atoms with E-state index >= 15 is 13.2 Å². The predicted octanol–water partition coefficient (Wildman–Crippen LogP) is 6.24. The second-order valence-corrected chi connectivity index (χ2v) is 17.1. The third-order valence-electron chi connectivity index (χ3n) is 9.04. The first-order valence-corrected chi connectivity index (χ1v) is 19.6. The van der Waals surface area contributed by atoms with Gasteiger partial charge >= 0.3 is 12.3 Å². The first-order chi connectivity index (χ1) is 26.5. The molecule has 0 fully saturated rings. The number of methoxy groups -OCH3 is 1. The Morgan fingerprint density at radius 2 is 1.48 bits per heavy atom. The standard InChI is InChI=1S/C38H42F3N7O6S2/c1-37(2,3)21-22-47(56(52,53)28-17-15-27(16-18-28)46-24-43-44-45-46)29(23-49)30-19-20-31(55-30)34(38(39,40)41)48(36(51)54-4)35(50)33(42)32(25-11-7-5-8-12-25)26-13-9-6-10-14-26/h5-20,24,29,32-34,49H,21-23,42H2,1-4H3/t29-,33+,34-/m1/s1. The van der Waals surface area contributed by atoms with Crippen molar-refractivity contribution in [2.24, 2.45) is 11.1 Å². The van der Waals surface area contributed by atoms with Crippen molar-refractivity contribution in [2.75, 3.05) is 20.3 Å². The average Bonchev–Trinajstić information content (AvgIpc) is 3.88. The number of ether oxygens (including phenoxy) is 1. The topological polar surface area (TPSA) is 174 Å². The van der Waals surface area contributed by atoms with Gasteiger partial charge in [-0.15, -0.1) is 16.4 Å². The summed E-state index contributed by atoms with van der Waals surface area (Å²) in [7, 11) is -3.54. The largest absolute Gasteiger partial charge is 0.452 e. The molecule has 0 spiro atoms. The highest BCUT2D eigenvalue weighted by Gasteiger charge is 2.52. The van der Waals surface area contributed by atoms with Crippen molar-refractivity contribution in [1.29, 1.82) is 0 Å². The van der Waals surface area contributed by atoms with Crippen LogP contribution in [-0.4, -0.2) is 87.4 Å². The minimum Gasteiger partial charge on any atom is -0.452 e. The van der Waals surface area contributed by atoms with E-state index in [1.54, 1.807) is 60.7 Å². The van der Waals surface area contributed by atoms with Gasteiger partial charge in [-0.3, -0.25) is 4.79 Å². The van der Waals surface area contributed by atoms with E-state index in [1.165, 1.54) is 41.3 Å². The molecule has 3 atom stereocenters. The van der Waals surface area contributed by atoms with Crippen molar-refractivity contribution < 1.29 is 41.0 Å². The number of carbonyl (C=O) groups excluding carboxylic acids is 2. The summed E-state index contributed by atoms with van der Waals surface area (Å²) in [6, 6.07) is 19.0. The summed E-state index contributed by atoms with van der Waals surface area (Å²) < 4.78 is 81.5. The van der Waals surface area contributed by atoms with Gasteiger partial charge < -0.3 is 15.6 Å². The Kier molecular flexibility index (Phi) is 13.1. The Morgan fingerprint density at radius 1 is 0.911 bits per heavy atom. The van der Waals surface area contributed by atoms with Crippen molar-refractivity contribution in [3.63, 3.8) is 0 Å². The Bertz CT molecular complexity index is 2130. The third kappa shape index (κ3) is 9.50. The SMILES string of the molecule is COC(=O)N(C(=O)[C@@H](N)C(c1ccccc1)c1ccccc1)[C@H](c1ccc([C@@H](CO)N(CCC(C)(C)C)S(=O)(=O)c2ccc(-n3cnnn3)cc2)s1)C(F)(F)F. The van der Waals surface area contributed by atoms with Crippen LogP contribution < -0.4 is 5.73 Å². The van der Waals surface area contributed by atoms with Crippen molar-refractivity contribution in [2.45, 2.75) is 62.3 Å². The highest BCUT2D eigenvalue weighted by atomic mass is 32.2. The molecule has 18 heteroatoms. The van der Waals surface area contributed by atoms with Gasteiger partial charge in [-0.25, -0.2) is 22.8 Å². The molecule has 3 N–H and O–H groups in total. The molecule has 2 aromatic heterocycles. The number of aliphatic hydroxyl groups is 1. The molecule has 0 bridgehead atoms. The van der Waals surface area contributed by atoms with Gasteiger partial charge in [0.1, 0.15) is 6.33 Å². The lowest BCUT2D eigenvalue weighted by atomic mass is 9.84. The average molecular weight is 814 g/mol. The number of thiophene rings is 1. The number of carbonyl (C=O) groups is 2. The van der Waals surface area contributed by atoms with Crippen molar-refractivity contribution in [1.82, 2.24) is 29.4 Å². The first kappa shape index (κ1) is 42.1. The van der Waals surface area contributed by atoms with Gasteiger partial charge in [-0.05, 0) is 69.8 Å². The van der Waals surface area contributed by atoms with Gasteiger partial charge in [0.25, 0.3) is 5.91 Å². The summed E-state index contributed by atoms with van der Waals surface area (Å²) in [5.74, 6) is -2.31. The van der Waals surface area contributed by atoms with Gasteiger partial charge in [0.15, 0.2) is 6.04 Å². The molecule has 0 aliphatic carbocycles. The number of aromatic nitrogens is 4. The highest BCUT2D eigenvalue weighted by molar-refractivity contribution is 7.89. The molecule has 5 aromatic rings. The number of hydrogen-bond acceptors (Lipinski definition) is 11. The monoisotopic (exact) mass is 813 g/mol. The van der Waals surface area contributed by atoms with Crippen molar-refractivity contribution >= 4 is 33.4 Å². The van der Waals surface area contributed by atoms with Crippen LogP contribution in [0.15, 0.2) is 108 Å². The Morgan fingerprint density at radius 3 is 1.96 bits per heavy atom. The zero-order valence-electron chi connectivity index (χ0n) is 30.9. The van der Waals surface area contributed by atoms with Gasteiger partial charge in [-0.2, -0.15) is 17.5 Å². The van der Waals surface area contributed by atoms with Gasteiger partial charge in [-0.1, -0.05) is 81.4 Å². The van der Waals surface area contributed by atoms with Gasteiger partial charge in [0.05, 0.1) is 36.4 Å². The van der Waals surface area contributed by atoms with Crippen LogP contribution >= 0.6 is 11.3 Å².